The average Bonchev–Trinajstić information content (AvgIpc) is 3.12. The van der Waals surface area contributed by atoms with E-state index in [-0.39, 0.29) is 29.3 Å². The molecule has 0 amide bonds. The topological polar surface area (TPSA) is 90.1 Å². The van der Waals surface area contributed by atoms with Crippen LogP contribution in [0.5, 0.6) is 0 Å². The predicted molar refractivity (Wildman–Crippen MR) is 97.6 cm³/mol. The van der Waals surface area contributed by atoms with Crippen molar-refractivity contribution in [3.05, 3.63) is 54.4 Å². The maximum atomic E-state index is 14.2. The summed E-state index contributed by atoms with van der Waals surface area (Å²) in [5.41, 5.74) is 6.77. The predicted octanol–water partition coefficient (Wildman–Crippen LogP) is 2.58. The van der Waals surface area contributed by atoms with Crippen LogP contribution in [0.3, 0.4) is 0 Å². The molecule has 0 bridgehead atoms. The van der Waals surface area contributed by atoms with Gasteiger partial charge in [-0.25, -0.2) is 9.37 Å². The van der Waals surface area contributed by atoms with Gasteiger partial charge in [0, 0.05) is 17.9 Å². The molecule has 3 heterocycles. The van der Waals surface area contributed by atoms with Crippen LogP contribution >= 0.6 is 0 Å². The molecule has 9 heteroatoms. The normalized spacial score (nSPS) is 22.7. The summed E-state index contributed by atoms with van der Waals surface area (Å²) in [6.07, 6.45) is 1.42. The van der Waals surface area contributed by atoms with Gasteiger partial charge in [0.25, 0.3) is 0 Å². The summed E-state index contributed by atoms with van der Waals surface area (Å²) in [5, 5.41) is 0. The minimum Gasteiger partial charge on any atom is -0.381 e. The van der Waals surface area contributed by atoms with Crippen molar-refractivity contribution < 1.29 is 13.5 Å². The van der Waals surface area contributed by atoms with E-state index in [0.29, 0.717) is 30.7 Å². The highest BCUT2D eigenvalue weighted by atomic mass is 19.1. The van der Waals surface area contributed by atoms with Crippen LogP contribution in [0.25, 0.3) is 11.4 Å². The Bertz CT molecular complexity index is 1020. The number of ether oxygens (including phenoxy) is 1. The van der Waals surface area contributed by atoms with Gasteiger partial charge in [0.2, 0.25) is 17.8 Å². The minimum atomic E-state index is -0.578. The Hall–Kier alpha value is -3.20. The first-order valence-corrected chi connectivity index (χ1v) is 8.87. The Labute approximate surface area is 159 Å². The Morgan fingerprint density at radius 2 is 1.79 bits per heavy atom. The van der Waals surface area contributed by atoms with Crippen molar-refractivity contribution >= 4 is 17.6 Å². The minimum absolute atomic E-state index is 0.0228. The number of halogens is 2. The van der Waals surface area contributed by atoms with Gasteiger partial charge < -0.3 is 15.4 Å². The molecular formula is C19H16F2N6O. The van der Waals surface area contributed by atoms with Crippen LogP contribution in [0.15, 0.2) is 42.6 Å². The monoisotopic (exact) mass is 382 g/mol. The van der Waals surface area contributed by atoms with E-state index in [1.165, 1.54) is 18.3 Å². The molecule has 1 saturated carbocycles. The first-order valence-electron chi connectivity index (χ1n) is 8.87. The van der Waals surface area contributed by atoms with Crippen molar-refractivity contribution in [3.8, 4) is 11.4 Å². The number of fused-ring (bicyclic) bond motifs is 1. The SMILES string of the molecule is Nc1nc(-c2ccccc2F)nc(N(c2ccc(F)nc2)C2C3COCC32)n1. The second-order valence-electron chi connectivity index (χ2n) is 6.86. The molecule has 2 aliphatic rings. The number of hydrogen-bond donors (Lipinski definition) is 1. The van der Waals surface area contributed by atoms with Gasteiger partial charge in [-0.3, -0.25) is 0 Å². The second kappa shape index (κ2) is 6.45. The van der Waals surface area contributed by atoms with Crippen molar-refractivity contribution in [2.45, 2.75) is 6.04 Å². The molecule has 0 spiro atoms. The molecular weight excluding hydrogens is 366 g/mol. The number of anilines is 3. The number of nitrogens with zero attached hydrogens (tertiary/aromatic N) is 5. The molecule has 1 saturated heterocycles. The standard InChI is InChI=1S/C19H16F2N6O/c20-14-4-2-1-3-11(14)17-24-18(22)26-19(25-17)27(10-5-6-15(21)23-7-10)16-12-8-28-9-13(12)16/h1-7,12-13,16H,8-9H2,(H2,22,24,25,26). The third kappa shape index (κ3) is 2.84. The van der Waals surface area contributed by atoms with E-state index in [0.717, 1.165) is 0 Å². The van der Waals surface area contributed by atoms with Crippen molar-refractivity contribution in [1.29, 1.82) is 0 Å². The van der Waals surface area contributed by atoms with Gasteiger partial charge in [-0.05, 0) is 24.3 Å². The summed E-state index contributed by atoms with van der Waals surface area (Å²) >= 11 is 0. The molecule has 7 nitrogen and oxygen atoms in total. The lowest BCUT2D eigenvalue weighted by Crippen LogP contribution is -2.28. The third-order valence-corrected chi connectivity index (χ3v) is 5.17. The number of pyridine rings is 1. The van der Waals surface area contributed by atoms with E-state index in [2.05, 4.69) is 19.9 Å². The summed E-state index contributed by atoms with van der Waals surface area (Å²) in [6.45, 7) is 1.28. The van der Waals surface area contributed by atoms with Crippen molar-refractivity contribution in [1.82, 2.24) is 19.9 Å². The highest BCUT2D eigenvalue weighted by molar-refractivity contribution is 5.64. The van der Waals surface area contributed by atoms with E-state index in [4.69, 9.17) is 10.5 Å². The smallest absolute Gasteiger partial charge is 0.235 e. The van der Waals surface area contributed by atoms with Gasteiger partial charge in [0.15, 0.2) is 5.82 Å². The van der Waals surface area contributed by atoms with Crippen LogP contribution in [-0.4, -0.2) is 39.2 Å². The van der Waals surface area contributed by atoms with E-state index >= 15 is 0 Å². The first-order chi connectivity index (χ1) is 13.6. The lowest BCUT2D eigenvalue weighted by atomic mass is 10.2. The summed E-state index contributed by atoms with van der Waals surface area (Å²) < 4.78 is 33.1. The molecule has 28 heavy (non-hydrogen) atoms. The van der Waals surface area contributed by atoms with Crippen LogP contribution < -0.4 is 10.6 Å². The van der Waals surface area contributed by atoms with Crippen molar-refractivity contribution in [3.63, 3.8) is 0 Å². The molecule has 2 aromatic heterocycles. The zero-order valence-electron chi connectivity index (χ0n) is 14.7. The Kier molecular flexibility index (Phi) is 3.90. The lowest BCUT2D eigenvalue weighted by Gasteiger charge is -2.25. The Balaban J connectivity index is 1.61. The third-order valence-electron chi connectivity index (χ3n) is 5.17. The number of benzene rings is 1. The fourth-order valence-corrected chi connectivity index (χ4v) is 3.78. The number of rotatable bonds is 4. The average molecular weight is 382 g/mol. The second-order valence-corrected chi connectivity index (χ2v) is 6.86. The maximum Gasteiger partial charge on any atom is 0.235 e. The molecule has 2 unspecified atom stereocenters. The highest BCUT2D eigenvalue weighted by Crippen LogP contribution is 2.51. The van der Waals surface area contributed by atoms with Crippen LogP contribution in [0, 0.1) is 23.6 Å². The zero-order valence-corrected chi connectivity index (χ0v) is 14.7. The van der Waals surface area contributed by atoms with Gasteiger partial charge in [0.05, 0.1) is 30.7 Å². The number of nitrogen functional groups attached to an aromatic ring is 1. The Morgan fingerprint density at radius 3 is 2.50 bits per heavy atom. The number of aromatic nitrogens is 4. The van der Waals surface area contributed by atoms with Crippen LogP contribution in [0.1, 0.15) is 0 Å². The van der Waals surface area contributed by atoms with E-state index in [1.54, 1.807) is 24.3 Å². The molecule has 2 atom stereocenters. The van der Waals surface area contributed by atoms with Crippen molar-refractivity contribution in [2.75, 3.05) is 23.8 Å². The van der Waals surface area contributed by atoms with E-state index in [1.807, 2.05) is 4.90 Å². The van der Waals surface area contributed by atoms with Crippen LogP contribution in [-0.2, 0) is 4.74 Å². The molecule has 2 N–H and O–H groups in total. The largest absolute Gasteiger partial charge is 0.381 e. The lowest BCUT2D eigenvalue weighted by molar-refractivity contribution is 0.160. The fourth-order valence-electron chi connectivity index (χ4n) is 3.78. The first kappa shape index (κ1) is 16.9. The van der Waals surface area contributed by atoms with Gasteiger partial charge >= 0.3 is 0 Å². The van der Waals surface area contributed by atoms with Gasteiger partial charge in [-0.1, -0.05) is 12.1 Å². The van der Waals surface area contributed by atoms with Crippen LogP contribution in [0.4, 0.5) is 26.4 Å². The summed E-state index contributed by atoms with van der Waals surface area (Å²) in [4.78, 5) is 18.5. The van der Waals surface area contributed by atoms with Crippen molar-refractivity contribution in [2.24, 2.45) is 11.8 Å². The Morgan fingerprint density at radius 1 is 1.00 bits per heavy atom. The molecule has 3 aromatic rings. The molecule has 5 rings (SSSR count). The van der Waals surface area contributed by atoms with E-state index < -0.39 is 11.8 Å². The fraction of sp³-hybridized carbons (Fsp3) is 0.263. The van der Waals surface area contributed by atoms with Gasteiger partial charge in [0.1, 0.15) is 5.82 Å². The molecule has 1 aliphatic carbocycles. The molecule has 142 valence electrons. The summed E-state index contributed by atoms with van der Waals surface area (Å²) in [7, 11) is 0. The summed E-state index contributed by atoms with van der Waals surface area (Å²) in [5.74, 6) is 0.00237. The quantitative estimate of drug-likeness (QED) is 0.694. The molecule has 1 aromatic carbocycles. The number of nitrogens with two attached hydrogens (primary N) is 1. The molecule has 0 radical (unpaired) electrons. The van der Waals surface area contributed by atoms with E-state index in [9.17, 15) is 8.78 Å². The zero-order chi connectivity index (χ0) is 19.3. The number of hydrogen-bond acceptors (Lipinski definition) is 7. The maximum absolute atomic E-state index is 14.2. The van der Waals surface area contributed by atoms with Gasteiger partial charge in [-0.2, -0.15) is 19.3 Å². The summed E-state index contributed by atoms with van der Waals surface area (Å²) in [6, 6.07) is 9.17. The van der Waals surface area contributed by atoms with Gasteiger partial charge in [-0.15, -0.1) is 0 Å². The highest BCUT2D eigenvalue weighted by Gasteiger charge is 2.58. The molecule has 1 aliphatic heterocycles. The molecule has 2 fully saturated rings. The van der Waals surface area contributed by atoms with Crippen LogP contribution in [0.2, 0.25) is 0 Å².